The third-order valence-corrected chi connectivity index (χ3v) is 7.29. The Kier molecular flexibility index (Phi) is 10.2. The van der Waals surface area contributed by atoms with Crippen molar-refractivity contribution in [3.05, 3.63) is 75.5 Å². The van der Waals surface area contributed by atoms with E-state index < -0.39 is 0 Å². The van der Waals surface area contributed by atoms with Crippen LogP contribution in [0.5, 0.6) is 5.75 Å². The largest absolute Gasteiger partial charge is 0.493 e. The van der Waals surface area contributed by atoms with Crippen molar-refractivity contribution in [2.75, 3.05) is 17.7 Å². The summed E-state index contributed by atoms with van der Waals surface area (Å²) < 4.78 is 9.19. The summed E-state index contributed by atoms with van der Waals surface area (Å²) >= 11 is 11.1. The summed E-state index contributed by atoms with van der Waals surface area (Å²) in [6.07, 6.45) is 3.30. The Bertz CT molecular complexity index is 1180. The summed E-state index contributed by atoms with van der Waals surface area (Å²) in [7, 11) is 0. The number of rotatable bonds is 12. The fraction of sp³-hybridized carbons (Fsp3) is 0.346. The Hall–Kier alpha value is -2.29. The molecule has 3 aromatic rings. The van der Waals surface area contributed by atoms with Crippen LogP contribution in [0.25, 0.3) is 0 Å². The van der Waals surface area contributed by atoms with Crippen molar-refractivity contribution in [3.63, 3.8) is 0 Å². The maximum absolute atomic E-state index is 12.4. The van der Waals surface area contributed by atoms with Gasteiger partial charge in [0, 0.05) is 17.4 Å². The van der Waals surface area contributed by atoms with Gasteiger partial charge in [-0.3, -0.25) is 4.79 Å². The first-order chi connectivity index (χ1) is 16.8. The summed E-state index contributed by atoms with van der Waals surface area (Å²) in [6.45, 7) is 11.4. The van der Waals surface area contributed by atoms with Crippen LogP contribution in [0.3, 0.4) is 0 Å². The summed E-state index contributed by atoms with van der Waals surface area (Å²) in [5.41, 5.74) is 2.93. The van der Waals surface area contributed by atoms with E-state index in [2.05, 4.69) is 70.9 Å². The molecule has 1 heterocycles. The zero-order valence-electron chi connectivity index (χ0n) is 20.2. The Morgan fingerprint density at radius 2 is 2.09 bits per heavy atom. The minimum Gasteiger partial charge on any atom is -0.493 e. The lowest BCUT2D eigenvalue weighted by molar-refractivity contribution is -0.113. The van der Waals surface area contributed by atoms with Gasteiger partial charge < -0.3 is 14.6 Å². The average molecular weight is 578 g/mol. The van der Waals surface area contributed by atoms with Crippen LogP contribution in [0.1, 0.15) is 43.1 Å². The van der Waals surface area contributed by atoms with E-state index >= 15 is 0 Å². The number of nitrogens with one attached hydrogen (secondary N) is 1. The zero-order valence-corrected chi connectivity index (χ0v) is 23.3. The molecule has 1 N–H and O–H groups in total. The molecule has 0 saturated carbocycles. The normalized spacial score (nSPS) is 11.0. The SMILES string of the molecule is C=CCn1c(CCCOc2cc(C(C)C)c(Br)cc2C)nnc1SCC(=O)Nc1ccccc1Cl. The van der Waals surface area contributed by atoms with Crippen molar-refractivity contribution >= 4 is 50.9 Å². The van der Waals surface area contributed by atoms with Gasteiger partial charge in [0.15, 0.2) is 5.16 Å². The second kappa shape index (κ2) is 13.1. The molecule has 186 valence electrons. The highest BCUT2D eigenvalue weighted by Crippen LogP contribution is 2.32. The fourth-order valence-corrected chi connectivity index (χ4v) is 5.35. The smallest absolute Gasteiger partial charge is 0.234 e. The van der Waals surface area contributed by atoms with Gasteiger partial charge in [0.2, 0.25) is 5.91 Å². The molecule has 0 fully saturated rings. The predicted molar refractivity (Wildman–Crippen MR) is 148 cm³/mol. The monoisotopic (exact) mass is 576 g/mol. The molecule has 9 heteroatoms. The van der Waals surface area contributed by atoms with E-state index in [9.17, 15) is 4.79 Å². The van der Waals surface area contributed by atoms with Gasteiger partial charge in [-0.15, -0.1) is 16.8 Å². The lowest BCUT2D eigenvalue weighted by Gasteiger charge is -2.15. The summed E-state index contributed by atoms with van der Waals surface area (Å²) in [4.78, 5) is 12.4. The van der Waals surface area contributed by atoms with Crippen LogP contribution in [0, 0.1) is 6.92 Å². The molecule has 1 aromatic heterocycles. The van der Waals surface area contributed by atoms with Crippen molar-refractivity contribution in [2.24, 2.45) is 0 Å². The second-order valence-electron chi connectivity index (χ2n) is 8.36. The Labute approximate surface area is 224 Å². The van der Waals surface area contributed by atoms with Crippen LogP contribution >= 0.6 is 39.3 Å². The number of aromatic nitrogens is 3. The molecule has 0 saturated heterocycles. The van der Waals surface area contributed by atoms with Gasteiger partial charge in [0.1, 0.15) is 11.6 Å². The maximum atomic E-state index is 12.4. The van der Waals surface area contributed by atoms with Gasteiger partial charge in [0.25, 0.3) is 0 Å². The Balaban J connectivity index is 1.56. The minimum absolute atomic E-state index is 0.156. The molecule has 0 atom stereocenters. The topological polar surface area (TPSA) is 69.0 Å². The summed E-state index contributed by atoms with van der Waals surface area (Å²) in [5, 5.41) is 12.7. The molecule has 0 bridgehead atoms. The molecule has 6 nitrogen and oxygen atoms in total. The number of allylic oxidation sites excluding steroid dienone is 1. The van der Waals surface area contributed by atoms with Crippen molar-refractivity contribution in [1.82, 2.24) is 14.8 Å². The molecule has 1 amide bonds. The Morgan fingerprint density at radius 1 is 1.31 bits per heavy atom. The molecule has 3 rings (SSSR count). The van der Waals surface area contributed by atoms with Crippen LogP contribution < -0.4 is 10.1 Å². The van der Waals surface area contributed by atoms with Crippen LogP contribution in [0.4, 0.5) is 5.69 Å². The highest BCUT2D eigenvalue weighted by Gasteiger charge is 2.15. The third kappa shape index (κ3) is 7.59. The molecule has 0 spiro atoms. The maximum Gasteiger partial charge on any atom is 0.234 e. The summed E-state index contributed by atoms with van der Waals surface area (Å²) in [5.74, 6) is 2.21. The molecule has 2 aromatic carbocycles. The first-order valence-electron chi connectivity index (χ1n) is 11.4. The number of aryl methyl sites for hydroxylation is 2. The fourth-order valence-electron chi connectivity index (χ4n) is 3.48. The standard InChI is InChI=1S/C26H30BrClN4O2S/c1-5-12-32-24(11-8-13-34-23-15-19(17(2)3)20(27)14-18(23)4)30-31-26(32)35-16-25(33)29-22-10-7-6-9-21(22)28/h5-7,9-10,14-15,17H,1,8,11-13,16H2,2-4H3,(H,29,33). The average Bonchev–Trinajstić information content (AvgIpc) is 3.19. The number of carbonyl (C=O) groups is 1. The number of para-hydroxylation sites is 1. The number of benzene rings is 2. The van der Waals surface area contributed by atoms with Crippen LogP contribution in [0.15, 0.2) is 58.7 Å². The van der Waals surface area contributed by atoms with Crippen LogP contribution in [-0.4, -0.2) is 33.0 Å². The van der Waals surface area contributed by atoms with Crippen molar-refractivity contribution < 1.29 is 9.53 Å². The number of hydrogen-bond donors (Lipinski definition) is 1. The predicted octanol–water partition coefficient (Wildman–Crippen LogP) is 7.05. The third-order valence-electron chi connectivity index (χ3n) is 5.30. The number of thioether (sulfide) groups is 1. The highest BCUT2D eigenvalue weighted by atomic mass is 79.9. The van der Waals surface area contributed by atoms with Gasteiger partial charge in [-0.2, -0.15) is 0 Å². The number of nitrogens with zero attached hydrogens (tertiary/aromatic N) is 3. The quantitative estimate of drug-likeness (QED) is 0.142. The van der Waals surface area contributed by atoms with E-state index in [1.807, 2.05) is 16.7 Å². The molecular formula is C26H30BrClN4O2S. The highest BCUT2D eigenvalue weighted by molar-refractivity contribution is 9.10. The lowest BCUT2D eigenvalue weighted by Crippen LogP contribution is -2.15. The minimum atomic E-state index is -0.156. The van der Waals surface area contributed by atoms with Crippen molar-refractivity contribution in [3.8, 4) is 5.75 Å². The molecule has 0 aliphatic rings. The van der Waals surface area contributed by atoms with E-state index in [1.165, 1.54) is 17.3 Å². The molecule has 0 radical (unpaired) electrons. The lowest BCUT2D eigenvalue weighted by atomic mass is 10.0. The number of hydrogen-bond acceptors (Lipinski definition) is 5. The number of anilines is 1. The van der Waals surface area contributed by atoms with Crippen LogP contribution in [0.2, 0.25) is 5.02 Å². The van der Waals surface area contributed by atoms with Gasteiger partial charge in [-0.1, -0.05) is 71.3 Å². The van der Waals surface area contributed by atoms with E-state index in [0.29, 0.717) is 41.4 Å². The molecule has 0 aliphatic carbocycles. The van der Waals surface area contributed by atoms with E-state index in [0.717, 1.165) is 28.0 Å². The number of ether oxygens (including phenoxy) is 1. The Morgan fingerprint density at radius 3 is 2.80 bits per heavy atom. The van der Waals surface area contributed by atoms with Crippen molar-refractivity contribution in [2.45, 2.75) is 51.2 Å². The van der Waals surface area contributed by atoms with Gasteiger partial charge in [-0.05, 0) is 54.7 Å². The van der Waals surface area contributed by atoms with Crippen LogP contribution in [-0.2, 0) is 17.8 Å². The van der Waals surface area contributed by atoms with Gasteiger partial charge in [-0.25, -0.2) is 0 Å². The zero-order chi connectivity index (χ0) is 25.4. The van der Waals surface area contributed by atoms with Gasteiger partial charge >= 0.3 is 0 Å². The number of carbonyl (C=O) groups excluding carboxylic acids is 1. The van der Waals surface area contributed by atoms with E-state index in [-0.39, 0.29) is 11.7 Å². The van der Waals surface area contributed by atoms with Gasteiger partial charge in [0.05, 0.1) is 23.1 Å². The van der Waals surface area contributed by atoms with Crippen molar-refractivity contribution in [1.29, 1.82) is 0 Å². The van der Waals surface area contributed by atoms with E-state index in [1.54, 1.807) is 18.2 Å². The number of halogens is 2. The molecule has 0 aliphatic heterocycles. The summed E-state index contributed by atoms with van der Waals surface area (Å²) in [6, 6.07) is 11.4. The molecule has 0 unspecified atom stereocenters. The number of amides is 1. The first-order valence-corrected chi connectivity index (χ1v) is 13.6. The molecular weight excluding hydrogens is 548 g/mol. The van der Waals surface area contributed by atoms with E-state index in [4.69, 9.17) is 16.3 Å². The second-order valence-corrected chi connectivity index (χ2v) is 10.6. The molecule has 35 heavy (non-hydrogen) atoms. The first kappa shape index (κ1) is 27.3.